The van der Waals surface area contributed by atoms with Gasteiger partial charge in [-0.1, -0.05) is 263 Å². The summed E-state index contributed by atoms with van der Waals surface area (Å²) in [5.74, 6) is -0.173. The van der Waals surface area contributed by atoms with Gasteiger partial charge in [0.1, 0.15) is 24.4 Å². The van der Waals surface area contributed by atoms with Crippen molar-refractivity contribution in [2.24, 2.45) is 0 Å². The van der Waals surface area contributed by atoms with Gasteiger partial charge in [0.15, 0.2) is 6.29 Å². The second-order valence-electron chi connectivity index (χ2n) is 20.8. The monoisotopic (exact) mass is 964 g/mol. The van der Waals surface area contributed by atoms with Crippen LogP contribution in [-0.4, -0.2) is 87.5 Å². The number of hydrogen-bond donors (Lipinski definition) is 6. The average Bonchev–Trinajstić information content (AvgIpc) is 3.34. The van der Waals surface area contributed by atoms with Crippen molar-refractivity contribution in [3.8, 4) is 0 Å². The number of carbonyl (C=O) groups is 1. The largest absolute Gasteiger partial charge is 0.394 e. The molecule has 7 atom stereocenters. The predicted octanol–water partition coefficient (Wildman–Crippen LogP) is 14.6. The first-order valence-electron chi connectivity index (χ1n) is 29.6. The van der Waals surface area contributed by atoms with Crippen molar-refractivity contribution in [2.75, 3.05) is 13.2 Å². The maximum Gasteiger partial charge on any atom is 0.220 e. The Labute approximate surface area is 419 Å². The lowest BCUT2D eigenvalue weighted by Crippen LogP contribution is -2.60. The van der Waals surface area contributed by atoms with Crippen LogP contribution in [0.4, 0.5) is 0 Å². The van der Waals surface area contributed by atoms with Gasteiger partial charge in [0.2, 0.25) is 5.91 Å². The molecule has 0 spiro atoms. The summed E-state index contributed by atoms with van der Waals surface area (Å²) in [6.45, 7) is 3.81. The molecule has 6 N–H and O–H groups in total. The van der Waals surface area contributed by atoms with E-state index in [4.69, 9.17) is 9.47 Å². The number of aliphatic hydroxyl groups is 5. The molecular weight excluding hydrogens is 851 g/mol. The molecule has 0 saturated carbocycles. The van der Waals surface area contributed by atoms with Crippen LogP contribution in [0.5, 0.6) is 0 Å². The topological polar surface area (TPSA) is 149 Å². The van der Waals surface area contributed by atoms with Crippen LogP contribution in [0.3, 0.4) is 0 Å². The molecule has 0 bridgehead atoms. The molecule has 402 valence electrons. The molecule has 0 aromatic rings. The zero-order chi connectivity index (χ0) is 49.4. The Morgan fingerprint density at radius 3 is 1.19 bits per heavy atom. The summed E-state index contributed by atoms with van der Waals surface area (Å²) in [5.41, 5.74) is 0. The lowest BCUT2D eigenvalue weighted by molar-refractivity contribution is -0.302. The lowest BCUT2D eigenvalue weighted by atomic mass is 9.99. The predicted molar refractivity (Wildman–Crippen MR) is 286 cm³/mol. The first-order valence-corrected chi connectivity index (χ1v) is 29.6. The quantitative estimate of drug-likeness (QED) is 0.0261. The van der Waals surface area contributed by atoms with Gasteiger partial charge in [-0.2, -0.15) is 0 Å². The average molecular weight is 965 g/mol. The highest BCUT2D eigenvalue weighted by Crippen LogP contribution is 2.23. The maximum absolute atomic E-state index is 13.0. The van der Waals surface area contributed by atoms with E-state index in [1.54, 1.807) is 6.08 Å². The van der Waals surface area contributed by atoms with Gasteiger partial charge >= 0.3 is 0 Å². The fourth-order valence-corrected chi connectivity index (χ4v) is 9.57. The minimum atomic E-state index is -1.56. The fraction of sp³-hybridized carbons (Fsp3) is 0.915. The fourth-order valence-electron chi connectivity index (χ4n) is 9.57. The van der Waals surface area contributed by atoms with Crippen molar-refractivity contribution < 1.29 is 39.8 Å². The molecule has 1 fully saturated rings. The summed E-state index contributed by atoms with van der Waals surface area (Å²) in [4.78, 5) is 13.0. The minimum Gasteiger partial charge on any atom is -0.394 e. The van der Waals surface area contributed by atoms with Crippen LogP contribution in [0, 0.1) is 0 Å². The normalized spacial score (nSPS) is 19.7. The molecular formula is C59H113NO8. The molecule has 0 aliphatic carbocycles. The molecule has 0 aromatic heterocycles. The van der Waals surface area contributed by atoms with Gasteiger partial charge in [0, 0.05) is 6.42 Å². The van der Waals surface area contributed by atoms with E-state index in [1.165, 1.54) is 231 Å². The Morgan fingerprint density at radius 2 is 0.824 bits per heavy atom. The van der Waals surface area contributed by atoms with Crippen LogP contribution in [0.1, 0.15) is 290 Å². The van der Waals surface area contributed by atoms with Gasteiger partial charge in [-0.05, 0) is 44.9 Å². The van der Waals surface area contributed by atoms with E-state index < -0.39 is 49.5 Å². The van der Waals surface area contributed by atoms with E-state index in [1.807, 2.05) is 6.08 Å². The highest BCUT2D eigenvalue weighted by molar-refractivity contribution is 5.76. The number of amides is 1. The number of ether oxygens (including phenoxy) is 2. The molecule has 1 aliphatic rings. The van der Waals surface area contributed by atoms with Crippen molar-refractivity contribution in [2.45, 2.75) is 333 Å². The molecule has 1 aliphatic heterocycles. The van der Waals surface area contributed by atoms with Gasteiger partial charge in [-0.15, -0.1) is 0 Å². The van der Waals surface area contributed by atoms with Crippen LogP contribution in [0.25, 0.3) is 0 Å². The SMILES string of the molecule is CCCCCCCCCCCCCC/C=C\CCCCCCCCCCCCCCCCC(=O)NC(COC1OC(CO)C(O)C(O)C1O)C(O)/C=C/CCCCCCCCCCCCCCC. The van der Waals surface area contributed by atoms with Crippen molar-refractivity contribution in [3.63, 3.8) is 0 Å². The highest BCUT2D eigenvalue weighted by atomic mass is 16.7. The Kier molecular flexibility index (Phi) is 46.9. The molecule has 1 heterocycles. The van der Waals surface area contributed by atoms with Crippen molar-refractivity contribution in [1.82, 2.24) is 5.32 Å². The van der Waals surface area contributed by atoms with Crippen LogP contribution in [0.2, 0.25) is 0 Å². The molecule has 7 unspecified atom stereocenters. The number of unbranched alkanes of at least 4 members (excludes halogenated alkanes) is 39. The summed E-state index contributed by atoms with van der Waals surface area (Å²) >= 11 is 0. The number of carbonyl (C=O) groups excluding carboxylic acids is 1. The van der Waals surface area contributed by atoms with E-state index in [0.29, 0.717) is 6.42 Å². The third kappa shape index (κ3) is 38.4. The first kappa shape index (κ1) is 64.7. The van der Waals surface area contributed by atoms with E-state index in [0.717, 1.165) is 38.5 Å². The number of allylic oxidation sites excluding steroid dienone is 3. The molecule has 0 radical (unpaired) electrons. The van der Waals surface area contributed by atoms with Gasteiger partial charge in [0.25, 0.3) is 0 Å². The molecule has 0 aromatic carbocycles. The summed E-state index contributed by atoms with van der Waals surface area (Å²) in [6.07, 6.45) is 55.4. The Balaban J connectivity index is 2.15. The van der Waals surface area contributed by atoms with Crippen LogP contribution in [0.15, 0.2) is 24.3 Å². The third-order valence-electron chi connectivity index (χ3n) is 14.3. The van der Waals surface area contributed by atoms with Crippen LogP contribution < -0.4 is 5.32 Å². The van der Waals surface area contributed by atoms with E-state index in [2.05, 4.69) is 31.3 Å². The zero-order valence-corrected chi connectivity index (χ0v) is 44.6. The Hall–Kier alpha value is -1.33. The van der Waals surface area contributed by atoms with Crippen molar-refractivity contribution >= 4 is 5.91 Å². The van der Waals surface area contributed by atoms with Gasteiger partial charge < -0.3 is 40.3 Å². The second-order valence-corrected chi connectivity index (χ2v) is 20.8. The molecule has 9 nitrogen and oxygen atoms in total. The minimum absolute atomic E-state index is 0.173. The molecule has 1 saturated heterocycles. The van der Waals surface area contributed by atoms with Crippen LogP contribution in [-0.2, 0) is 14.3 Å². The van der Waals surface area contributed by atoms with E-state index >= 15 is 0 Å². The van der Waals surface area contributed by atoms with Gasteiger partial charge in [-0.3, -0.25) is 4.79 Å². The molecule has 9 heteroatoms. The van der Waals surface area contributed by atoms with Crippen molar-refractivity contribution in [1.29, 1.82) is 0 Å². The van der Waals surface area contributed by atoms with Crippen LogP contribution >= 0.6 is 0 Å². The standard InChI is InChI=1S/C59H113NO8/c1-3-5-7-9-11-13-15-17-19-20-21-22-23-24-25-26-27-28-29-30-31-32-33-35-37-39-41-43-45-47-49-55(63)60-52(51-67-59-58(66)57(65)56(64)54(50-61)68-59)53(62)48-46-44-42-40-38-36-34-18-16-14-12-10-8-6-4-2/h24-25,46,48,52-54,56-59,61-62,64-66H,3-23,26-45,47,49-51H2,1-2H3,(H,60,63)/b25-24-,48-46+. The number of aliphatic hydroxyl groups excluding tert-OH is 5. The van der Waals surface area contributed by atoms with Gasteiger partial charge in [-0.25, -0.2) is 0 Å². The Morgan fingerprint density at radius 1 is 0.485 bits per heavy atom. The van der Waals surface area contributed by atoms with Crippen molar-refractivity contribution in [3.05, 3.63) is 24.3 Å². The molecule has 1 rings (SSSR count). The second kappa shape index (κ2) is 49.3. The first-order chi connectivity index (χ1) is 33.3. The number of hydrogen-bond acceptors (Lipinski definition) is 8. The summed E-state index contributed by atoms with van der Waals surface area (Å²) in [5, 5.41) is 54.5. The number of rotatable bonds is 51. The zero-order valence-electron chi connectivity index (χ0n) is 44.6. The Bertz CT molecular complexity index is 1120. The summed E-state index contributed by atoms with van der Waals surface area (Å²) in [6, 6.07) is -0.802. The van der Waals surface area contributed by atoms with E-state index in [9.17, 15) is 30.3 Å². The van der Waals surface area contributed by atoms with E-state index in [-0.39, 0.29) is 12.5 Å². The molecule has 1 amide bonds. The summed E-state index contributed by atoms with van der Waals surface area (Å²) in [7, 11) is 0. The van der Waals surface area contributed by atoms with Gasteiger partial charge in [0.05, 0.1) is 25.4 Å². The third-order valence-corrected chi connectivity index (χ3v) is 14.3. The smallest absolute Gasteiger partial charge is 0.220 e. The maximum atomic E-state index is 13.0. The summed E-state index contributed by atoms with van der Waals surface area (Å²) < 4.78 is 11.3. The molecule has 68 heavy (non-hydrogen) atoms. The lowest BCUT2D eigenvalue weighted by Gasteiger charge is -2.40. The number of nitrogens with one attached hydrogen (secondary N) is 1. The highest BCUT2D eigenvalue weighted by Gasteiger charge is 2.44.